The van der Waals surface area contributed by atoms with Gasteiger partial charge < -0.3 is 25.2 Å². The van der Waals surface area contributed by atoms with Crippen LogP contribution in [0.1, 0.15) is 38.8 Å². The molecule has 136 valence electrons. The maximum absolute atomic E-state index is 12.6. The first kappa shape index (κ1) is 19.1. The third-order valence-electron chi connectivity index (χ3n) is 3.98. The fraction of sp³-hybridized carbons (Fsp3) is 0.412. The Bertz CT molecular complexity index is 732. The Balaban J connectivity index is 2.49. The van der Waals surface area contributed by atoms with Gasteiger partial charge in [0.2, 0.25) is 0 Å². The number of carbonyl (C=O) groups is 2. The van der Waals surface area contributed by atoms with Crippen LogP contribution in [0.5, 0.6) is 11.5 Å². The summed E-state index contributed by atoms with van der Waals surface area (Å²) in [6, 6.07) is 2.04. The molecule has 2 amide bonds. The molecule has 0 aromatic heterocycles. The first-order chi connectivity index (χ1) is 11.8. The SMILES string of the molecule is CC[C@@H](C)OC(=O)C1=C(C)NC(=O)N[C@@H]1c1cc(Br)c(O)c(OC)c1. The summed E-state index contributed by atoms with van der Waals surface area (Å²) in [7, 11) is 1.42. The Morgan fingerprint density at radius 2 is 2.12 bits per heavy atom. The van der Waals surface area contributed by atoms with E-state index < -0.39 is 18.0 Å². The third-order valence-corrected chi connectivity index (χ3v) is 4.58. The highest BCUT2D eigenvalue weighted by molar-refractivity contribution is 9.10. The molecule has 0 aliphatic carbocycles. The zero-order chi connectivity index (χ0) is 18.7. The number of esters is 1. The number of nitrogens with one attached hydrogen (secondary N) is 2. The summed E-state index contributed by atoms with van der Waals surface area (Å²) in [5, 5.41) is 15.3. The van der Waals surface area contributed by atoms with E-state index in [2.05, 4.69) is 26.6 Å². The van der Waals surface area contributed by atoms with E-state index in [1.807, 2.05) is 6.92 Å². The molecule has 2 atom stereocenters. The summed E-state index contributed by atoms with van der Waals surface area (Å²) >= 11 is 3.25. The molecule has 1 heterocycles. The number of rotatable bonds is 5. The average Bonchev–Trinajstić information content (AvgIpc) is 2.56. The van der Waals surface area contributed by atoms with Gasteiger partial charge >= 0.3 is 12.0 Å². The summed E-state index contributed by atoms with van der Waals surface area (Å²) in [4.78, 5) is 24.5. The second kappa shape index (κ2) is 7.77. The van der Waals surface area contributed by atoms with Crippen molar-refractivity contribution in [3.63, 3.8) is 0 Å². The highest BCUT2D eigenvalue weighted by atomic mass is 79.9. The summed E-state index contributed by atoms with van der Waals surface area (Å²) in [5.41, 5.74) is 1.30. The molecule has 25 heavy (non-hydrogen) atoms. The van der Waals surface area contributed by atoms with E-state index in [0.717, 1.165) is 0 Å². The van der Waals surface area contributed by atoms with E-state index in [1.165, 1.54) is 7.11 Å². The molecule has 0 spiro atoms. The number of benzene rings is 1. The Morgan fingerprint density at radius 3 is 2.72 bits per heavy atom. The fourth-order valence-electron chi connectivity index (χ4n) is 2.46. The minimum atomic E-state index is -0.726. The van der Waals surface area contributed by atoms with Crippen LogP contribution < -0.4 is 15.4 Å². The second-order valence-electron chi connectivity index (χ2n) is 5.75. The zero-order valence-electron chi connectivity index (χ0n) is 14.5. The standard InChI is InChI=1S/C17H21BrN2O5/c1-5-8(2)25-16(22)13-9(3)19-17(23)20-14(13)10-6-11(18)15(21)12(7-10)24-4/h6-8,14,21H,5H2,1-4H3,(H2,19,20,23)/t8-,14-/m1/s1. The van der Waals surface area contributed by atoms with Gasteiger partial charge in [-0.05, 0) is 53.9 Å². The van der Waals surface area contributed by atoms with Gasteiger partial charge in [0.25, 0.3) is 0 Å². The lowest BCUT2D eigenvalue weighted by molar-refractivity contribution is -0.144. The fourth-order valence-corrected chi connectivity index (χ4v) is 2.92. The van der Waals surface area contributed by atoms with Crippen molar-refractivity contribution in [2.24, 2.45) is 0 Å². The van der Waals surface area contributed by atoms with Crippen molar-refractivity contribution in [1.29, 1.82) is 0 Å². The number of urea groups is 1. The van der Waals surface area contributed by atoms with Crippen molar-refractivity contribution in [2.45, 2.75) is 39.3 Å². The van der Waals surface area contributed by atoms with Crippen molar-refractivity contribution < 1.29 is 24.2 Å². The predicted octanol–water partition coefficient (Wildman–Crippen LogP) is 3.13. The van der Waals surface area contributed by atoms with Crippen molar-refractivity contribution in [3.8, 4) is 11.5 Å². The van der Waals surface area contributed by atoms with Gasteiger partial charge in [-0.15, -0.1) is 0 Å². The van der Waals surface area contributed by atoms with E-state index >= 15 is 0 Å². The molecule has 1 aromatic carbocycles. The van der Waals surface area contributed by atoms with Gasteiger partial charge in [-0.2, -0.15) is 0 Å². The minimum absolute atomic E-state index is 0.0593. The summed E-state index contributed by atoms with van der Waals surface area (Å²) in [6.07, 6.45) is 0.438. The van der Waals surface area contributed by atoms with Crippen LogP contribution in [0.25, 0.3) is 0 Å². The van der Waals surface area contributed by atoms with Crippen LogP contribution in [-0.4, -0.2) is 30.3 Å². The van der Waals surface area contributed by atoms with E-state index in [0.29, 0.717) is 27.7 Å². The Hall–Kier alpha value is -2.22. The lowest BCUT2D eigenvalue weighted by Gasteiger charge is -2.29. The number of carbonyl (C=O) groups excluding carboxylic acids is 2. The number of phenolic OH excluding ortho intramolecular Hbond substituents is 1. The highest BCUT2D eigenvalue weighted by Crippen LogP contribution is 2.39. The number of halogens is 1. The number of ether oxygens (including phenoxy) is 2. The minimum Gasteiger partial charge on any atom is -0.503 e. The number of aromatic hydroxyl groups is 1. The van der Waals surface area contributed by atoms with Crippen molar-refractivity contribution in [3.05, 3.63) is 33.4 Å². The lowest BCUT2D eigenvalue weighted by atomic mass is 9.95. The number of allylic oxidation sites excluding steroid dienone is 1. The molecular weight excluding hydrogens is 392 g/mol. The molecule has 0 bridgehead atoms. The van der Waals surface area contributed by atoms with Crippen LogP contribution in [0, 0.1) is 0 Å². The summed E-state index contributed by atoms with van der Waals surface area (Å²) in [6.45, 7) is 5.36. The largest absolute Gasteiger partial charge is 0.503 e. The van der Waals surface area contributed by atoms with Crippen LogP contribution >= 0.6 is 15.9 Å². The molecule has 0 unspecified atom stereocenters. The predicted molar refractivity (Wildman–Crippen MR) is 95.3 cm³/mol. The smallest absolute Gasteiger partial charge is 0.338 e. The average molecular weight is 413 g/mol. The van der Waals surface area contributed by atoms with Crippen LogP contribution in [0.15, 0.2) is 27.9 Å². The Kier molecular flexibility index (Phi) is 5.94. The molecular formula is C17H21BrN2O5. The molecule has 1 aliphatic rings. The molecule has 1 aromatic rings. The van der Waals surface area contributed by atoms with E-state index in [1.54, 1.807) is 26.0 Å². The van der Waals surface area contributed by atoms with Crippen LogP contribution in [0.3, 0.4) is 0 Å². The number of methoxy groups -OCH3 is 1. The normalized spacial score (nSPS) is 18.3. The number of amides is 2. The number of phenols is 1. The molecule has 0 radical (unpaired) electrons. The third kappa shape index (κ3) is 4.07. The molecule has 0 saturated carbocycles. The molecule has 0 fully saturated rings. The Morgan fingerprint density at radius 1 is 1.44 bits per heavy atom. The van der Waals surface area contributed by atoms with Crippen molar-refractivity contribution in [2.75, 3.05) is 7.11 Å². The van der Waals surface area contributed by atoms with Crippen LogP contribution in [0.4, 0.5) is 4.79 Å². The summed E-state index contributed by atoms with van der Waals surface area (Å²) in [5.74, 6) is -0.340. The second-order valence-corrected chi connectivity index (χ2v) is 6.60. The first-order valence-corrected chi connectivity index (χ1v) is 8.63. The lowest BCUT2D eigenvalue weighted by Crippen LogP contribution is -2.45. The van der Waals surface area contributed by atoms with Gasteiger partial charge in [0, 0.05) is 5.70 Å². The van der Waals surface area contributed by atoms with Crippen LogP contribution in [0.2, 0.25) is 0 Å². The van der Waals surface area contributed by atoms with E-state index in [4.69, 9.17) is 9.47 Å². The topological polar surface area (TPSA) is 96.9 Å². The summed E-state index contributed by atoms with van der Waals surface area (Å²) < 4.78 is 11.0. The van der Waals surface area contributed by atoms with Gasteiger partial charge in [-0.1, -0.05) is 6.92 Å². The molecule has 3 N–H and O–H groups in total. The zero-order valence-corrected chi connectivity index (χ0v) is 16.1. The molecule has 2 rings (SSSR count). The first-order valence-electron chi connectivity index (χ1n) is 7.84. The van der Waals surface area contributed by atoms with Crippen molar-refractivity contribution in [1.82, 2.24) is 10.6 Å². The van der Waals surface area contributed by atoms with Gasteiger partial charge in [-0.25, -0.2) is 9.59 Å². The van der Waals surface area contributed by atoms with Gasteiger partial charge in [0.15, 0.2) is 11.5 Å². The highest BCUT2D eigenvalue weighted by Gasteiger charge is 2.33. The molecule has 7 nitrogen and oxygen atoms in total. The van der Waals surface area contributed by atoms with E-state index in [-0.39, 0.29) is 17.6 Å². The van der Waals surface area contributed by atoms with Crippen molar-refractivity contribution >= 4 is 27.9 Å². The maximum atomic E-state index is 12.6. The molecule has 1 aliphatic heterocycles. The number of hydrogen-bond donors (Lipinski definition) is 3. The Labute approximate surface area is 154 Å². The quantitative estimate of drug-likeness (QED) is 0.645. The monoisotopic (exact) mass is 412 g/mol. The molecule has 8 heteroatoms. The number of hydrogen-bond acceptors (Lipinski definition) is 5. The van der Waals surface area contributed by atoms with Gasteiger partial charge in [0.05, 0.1) is 29.3 Å². The van der Waals surface area contributed by atoms with Gasteiger partial charge in [0.1, 0.15) is 0 Å². The molecule has 0 saturated heterocycles. The maximum Gasteiger partial charge on any atom is 0.338 e. The van der Waals surface area contributed by atoms with E-state index in [9.17, 15) is 14.7 Å². The van der Waals surface area contributed by atoms with Gasteiger partial charge in [-0.3, -0.25) is 0 Å². The van der Waals surface area contributed by atoms with Crippen LogP contribution in [-0.2, 0) is 9.53 Å².